The number of hydrazone groups is 1. The van der Waals surface area contributed by atoms with E-state index in [-0.39, 0.29) is 20.9 Å². The minimum absolute atomic E-state index is 0.0204. The van der Waals surface area contributed by atoms with Crippen molar-refractivity contribution in [1.82, 2.24) is 4.98 Å². The molecule has 0 fully saturated rings. The third kappa shape index (κ3) is 4.19. The van der Waals surface area contributed by atoms with Gasteiger partial charge in [-0.1, -0.05) is 64.1 Å². The molecular formula is C13H6Cl5N3O2. The Morgan fingerprint density at radius 3 is 2.48 bits per heavy atom. The van der Waals surface area contributed by atoms with Gasteiger partial charge >= 0.3 is 5.97 Å². The summed E-state index contributed by atoms with van der Waals surface area (Å²) in [6.45, 7) is 0. The maximum atomic E-state index is 11.1. The number of aromatic carboxylic acids is 1. The molecule has 1 heterocycles. The highest BCUT2D eigenvalue weighted by Gasteiger charge is 2.20. The van der Waals surface area contributed by atoms with Gasteiger partial charge in [-0.3, -0.25) is 5.43 Å². The highest BCUT2D eigenvalue weighted by atomic mass is 35.5. The molecule has 1 aromatic carbocycles. The molecule has 0 radical (unpaired) electrons. The summed E-state index contributed by atoms with van der Waals surface area (Å²) >= 11 is 29.5. The van der Waals surface area contributed by atoms with E-state index in [0.717, 1.165) is 0 Å². The molecule has 23 heavy (non-hydrogen) atoms. The lowest BCUT2D eigenvalue weighted by atomic mass is 10.2. The van der Waals surface area contributed by atoms with E-state index in [9.17, 15) is 4.79 Å². The van der Waals surface area contributed by atoms with Crippen molar-refractivity contribution in [1.29, 1.82) is 0 Å². The fraction of sp³-hybridized carbons (Fsp3) is 0. The van der Waals surface area contributed by atoms with Gasteiger partial charge in [0.2, 0.25) is 0 Å². The van der Waals surface area contributed by atoms with Gasteiger partial charge < -0.3 is 5.11 Å². The number of pyridine rings is 1. The van der Waals surface area contributed by atoms with Crippen LogP contribution in [0.15, 0.2) is 23.3 Å². The molecule has 0 atom stereocenters. The van der Waals surface area contributed by atoms with Crippen LogP contribution in [0.4, 0.5) is 5.69 Å². The van der Waals surface area contributed by atoms with E-state index in [1.165, 1.54) is 6.21 Å². The highest BCUT2D eigenvalue weighted by Crippen LogP contribution is 2.36. The predicted octanol–water partition coefficient (Wildman–Crippen LogP) is 5.49. The van der Waals surface area contributed by atoms with Crippen LogP contribution >= 0.6 is 58.0 Å². The third-order valence-corrected chi connectivity index (χ3v) is 4.25. The van der Waals surface area contributed by atoms with Crippen LogP contribution in [0.3, 0.4) is 0 Å². The van der Waals surface area contributed by atoms with Gasteiger partial charge in [-0.2, -0.15) is 5.10 Å². The Bertz CT molecular complexity index is 811. The summed E-state index contributed by atoms with van der Waals surface area (Å²) in [7, 11) is 0. The largest absolute Gasteiger partial charge is 0.476 e. The fourth-order valence-corrected chi connectivity index (χ4v) is 2.65. The molecular weight excluding hydrogens is 407 g/mol. The number of rotatable bonds is 4. The van der Waals surface area contributed by atoms with Crippen LogP contribution in [-0.2, 0) is 0 Å². The van der Waals surface area contributed by atoms with E-state index in [4.69, 9.17) is 63.1 Å². The molecule has 120 valence electrons. The number of hydrogen-bond acceptors (Lipinski definition) is 4. The normalized spacial score (nSPS) is 11.0. The SMILES string of the molecule is O=C(O)c1nc(Cl)c(Cl)c(N/N=C/c2ccc(Cl)cc2Cl)c1Cl. The summed E-state index contributed by atoms with van der Waals surface area (Å²) in [6.07, 6.45) is 1.39. The maximum Gasteiger partial charge on any atom is 0.356 e. The summed E-state index contributed by atoms with van der Waals surface area (Å²) in [5.74, 6) is -1.35. The average Bonchev–Trinajstić information content (AvgIpc) is 2.48. The van der Waals surface area contributed by atoms with Crippen molar-refractivity contribution in [2.24, 2.45) is 5.10 Å². The van der Waals surface area contributed by atoms with Crippen LogP contribution in [-0.4, -0.2) is 22.3 Å². The summed E-state index contributed by atoms with van der Waals surface area (Å²) in [6, 6.07) is 4.85. The number of nitrogens with zero attached hydrogens (tertiary/aromatic N) is 2. The monoisotopic (exact) mass is 411 g/mol. The standard InChI is InChI=1S/C13H6Cl5N3O2/c14-6-2-1-5(7(15)3-6)4-19-21-10-8(16)11(13(22)23)20-12(18)9(10)17/h1-4H,(H,20,21)(H,22,23)/b19-4+. The number of halogens is 5. The molecule has 10 heteroatoms. The molecule has 0 aliphatic rings. The number of anilines is 1. The number of carboxylic acids is 1. The van der Waals surface area contributed by atoms with Gasteiger partial charge in [-0.05, 0) is 12.1 Å². The van der Waals surface area contributed by atoms with Gasteiger partial charge in [0.05, 0.1) is 16.9 Å². The van der Waals surface area contributed by atoms with Crippen molar-refractivity contribution in [3.05, 3.63) is 54.7 Å². The van der Waals surface area contributed by atoms with E-state index in [0.29, 0.717) is 15.6 Å². The second-order valence-electron chi connectivity index (χ2n) is 4.10. The van der Waals surface area contributed by atoms with Crippen LogP contribution < -0.4 is 5.43 Å². The number of carboxylic acid groups (broad SMARTS) is 1. The molecule has 0 saturated carbocycles. The summed E-state index contributed by atoms with van der Waals surface area (Å²) in [5.41, 5.74) is 2.69. The topological polar surface area (TPSA) is 74.6 Å². The quantitative estimate of drug-likeness (QED) is 0.395. The molecule has 1 aromatic heterocycles. The minimum atomic E-state index is -1.35. The van der Waals surface area contributed by atoms with Gasteiger partial charge in [0, 0.05) is 10.6 Å². The van der Waals surface area contributed by atoms with Gasteiger partial charge in [-0.15, -0.1) is 0 Å². The maximum absolute atomic E-state index is 11.1. The number of hydrogen-bond donors (Lipinski definition) is 2. The van der Waals surface area contributed by atoms with Crippen molar-refractivity contribution in [2.75, 3.05) is 5.43 Å². The predicted molar refractivity (Wildman–Crippen MR) is 93.9 cm³/mol. The molecule has 0 aliphatic heterocycles. The fourth-order valence-electron chi connectivity index (χ4n) is 1.53. The Hall–Kier alpha value is -1.24. The molecule has 0 amide bonds. The van der Waals surface area contributed by atoms with Crippen LogP contribution in [0, 0.1) is 0 Å². The first-order valence-corrected chi connectivity index (χ1v) is 7.72. The Balaban J connectivity index is 2.33. The van der Waals surface area contributed by atoms with Gasteiger partial charge in [0.25, 0.3) is 0 Å². The number of nitrogens with one attached hydrogen (secondary N) is 1. The van der Waals surface area contributed by atoms with E-state index in [1.54, 1.807) is 18.2 Å². The molecule has 0 unspecified atom stereocenters. The van der Waals surface area contributed by atoms with Crippen molar-refractivity contribution >= 4 is 75.9 Å². The first kappa shape index (κ1) is 18.1. The first-order valence-electron chi connectivity index (χ1n) is 5.83. The van der Waals surface area contributed by atoms with Crippen LogP contribution in [0.25, 0.3) is 0 Å². The Kier molecular flexibility index (Phi) is 5.95. The van der Waals surface area contributed by atoms with Gasteiger partial charge in [0.1, 0.15) is 10.0 Å². The van der Waals surface area contributed by atoms with E-state index >= 15 is 0 Å². The van der Waals surface area contributed by atoms with Crippen molar-refractivity contribution < 1.29 is 9.90 Å². The lowest BCUT2D eigenvalue weighted by Crippen LogP contribution is -2.05. The number of aromatic nitrogens is 1. The molecule has 2 rings (SSSR count). The van der Waals surface area contributed by atoms with Crippen LogP contribution in [0.1, 0.15) is 16.1 Å². The Labute approximate surface area is 155 Å². The molecule has 2 aromatic rings. The molecule has 0 spiro atoms. The van der Waals surface area contributed by atoms with Crippen LogP contribution in [0.5, 0.6) is 0 Å². The lowest BCUT2D eigenvalue weighted by molar-refractivity contribution is 0.0691. The van der Waals surface area contributed by atoms with Crippen molar-refractivity contribution in [2.45, 2.75) is 0 Å². The molecule has 0 aliphatic carbocycles. The molecule has 5 nitrogen and oxygen atoms in total. The van der Waals surface area contributed by atoms with E-state index < -0.39 is 11.7 Å². The lowest BCUT2D eigenvalue weighted by Gasteiger charge is -2.09. The first-order chi connectivity index (χ1) is 10.8. The molecule has 2 N–H and O–H groups in total. The average molecular weight is 413 g/mol. The zero-order valence-electron chi connectivity index (χ0n) is 10.9. The number of benzene rings is 1. The Morgan fingerprint density at radius 1 is 1.17 bits per heavy atom. The van der Waals surface area contributed by atoms with Gasteiger partial charge in [-0.25, -0.2) is 9.78 Å². The minimum Gasteiger partial charge on any atom is -0.476 e. The smallest absolute Gasteiger partial charge is 0.356 e. The third-order valence-electron chi connectivity index (χ3n) is 2.58. The zero-order valence-corrected chi connectivity index (χ0v) is 14.7. The van der Waals surface area contributed by atoms with Crippen molar-refractivity contribution in [3.8, 4) is 0 Å². The molecule has 0 bridgehead atoms. The number of carbonyl (C=O) groups is 1. The van der Waals surface area contributed by atoms with E-state index in [1.807, 2.05) is 0 Å². The summed E-state index contributed by atoms with van der Waals surface area (Å²) in [5, 5.41) is 13.3. The second kappa shape index (κ2) is 7.55. The summed E-state index contributed by atoms with van der Waals surface area (Å²) in [4.78, 5) is 14.7. The second-order valence-corrected chi connectivity index (χ2v) is 6.05. The zero-order chi connectivity index (χ0) is 17.1. The van der Waals surface area contributed by atoms with Crippen molar-refractivity contribution in [3.63, 3.8) is 0 Å². The van der Waals surface area contributed by atoms with E-state index in [2.05, 4.69) is 15.5 Å². The van der Waals surface area contributed by atoms with Crippen LogP contribution in [0.2, 0.25) is 25.2 Å². The van der Waals surface area contributed by atoms with Gasteiger partial charge in [0.15, 0.2) is 10.8 Å². The summed E-state index contributed by atoms with van der Waals surface area (Å²) < 4.78 is 0. The molecule has 0 saturated heterocycles. The Morgan fingerprint density at radius 2 is 1.87 bits per heavy atom. The highest BCUT2D eigenvalue weighted by molar-refractivity contribution is 6.46.